The monoisotopic (exact) mass is 297 g/mol. The predicted octanol–water partition coefficient (Wildman–Crippen LogP) is 2.68. The highest BCUT2D eigenvalue weighted by atomic mass is 35.5. The molecule has 110 valence electrons. The number of rotatable bonds is 5. The molecular formula is C14H20ClN3O2. The van der Waals surface area contributed by atoms with Crippen molar-refractivity contribution in [1.29, 1.82) is 0 Å². The predicted molar refractivity (Wildman–Crippen MR) is 80.0 cm³/mol. The molecule has 0 saturated carbocycles. The van der Waals surface area contributed by atoms with Crippen LogP contribution in [0.4, 0.5) is 5.69 Å². The summed E-state index contributed by atoms with van der Waals surface area (Å²) in [6.45, 7) is 3.58. The smallest absolute Gasteiger partial charge is 0.275 e. The molecule has 1 N–H and O–H groups in total. The quantitative estimate of drug-likeness (QED) is 0.670. The van der Waals surface area contributed by atoms with Crippen LogP contribution < -0.4 is 5.32 Å². The second-order valence-corrected chi connectivity index (χ2v) is 5.79. The van der Waals surface area contributed by atoms with Crippen LogP contribution in [0.5, 0.6) is 0 Å². The molecule has 0 aromatic heterocycles. The molecule has 1 saturated heterocycles. The Bertz CT molecular complexity index is 475. The van der Waals surface area contributed by atoms with Gasteiger partial charge in [-0.25, -0.2) is 0 Å². The molecule has 0 bridgehead atoms. The lowest BCUT2D eigenvalue weighted by Crippen LogP contribution is -2.34. The van der Waals surface area contributed by atoms with E-state index in [1.165, 1.54) is 6.07 Å². The second-order valence-electron chi connectivity index (χ2n) is 5.38. The Kier molecular flexibility index (Phi) is 5.34. The first-order valence-electron chi connectivity index (χ1n) is 6.89. The summed E-state index contributed by atoms with van der Waals surface area (Å²) in [4.78, 5) is 12.8. The molecule has 1 aromatic carbocycles. The van der Waals surface area contributed by atoms with Crippen LogP contribution in [0.2, 0.25) is 5.02 Å². The fourth-order valence-corrected chi connectivity index (χ4v) is 2.94. The topological polar surface area (TPSA) is 58.4 Å². The Labute approximate surface area is 124 Å². The number of halogens is 1. The van der Waals surface area contributed by atoms with Crippen molar-refractivity contribution in [2.45, 2.75) is 19.4 Å². The van der Waals surface area contributed by atoms with E-state index in [9.17, 15) is 10.1 Å². The number of nitro groups is 1. The second kappa shape index (κ2) is 7.02. The number of nitrogens with one attached hydrogen (secondary N) is 1. The molecule has 1 aliphatic rings. The minimum absolute atomic E-state index is 0.106. The van der Waals surface area contributed by atoms with Gasteiger partial charge in [0.15, 0.2) is 0 Å². The van der Waals surface area contributed by atoms with E-state index in [1.807, 2.05) is 7.05 Å². The molecule has 0 radical (unpaired) electrons. The van der Waals surface area contributed by atoms with Crippen LogP contribution in [-0.4, -0.2) is 36.5 Å². The number of benzene rings is 1. The SMILES string of the molecule is CN(Cc1c(Cl)cccc1[N+](=O)[O-])CC1CCNCC1. The van der Waals surface area contributed by atoms with Crippen LogP contribution in [-0.2, 0) is 6.54 Å². The first-order chi connectivity index (χ1) is 9.58. The Morgan fingerprint density at radius 1 is 1.45 bits per heavy atom. The van der Waals surface area contributed by atoms with Gasteiger partial charge in [-0.05, 0) is 45.0 Å². The molecular weight excluding hydrogens is 278 g/mol. The number of nitro benzene ring substituents is 1. The summed E-state index contributed by atoms with van der Waals surface area (Å²) in [7, 11) is 2.00. The van der Waals surface area contributed by atoms with E-state index >= 15 is 0 Å². The van der Waals surface area contributed by atoms with Crippen molar-refractivity contribution >= 4 is 17.3 Å². The van der Waals surface area contributed by atoms with Crippen molar-refractivity contribution in [3.63, 3.8) is 0 Å². The third-order valence-electron chi connectivity index (χ3n) is 3.75. The average Bonchev–Trinajstić information content (AvgIpc) is 2.42. The first-order valence-corrected chi connectivity index (χ1v) is 7.26. The summed E-state index contributed by atoms with van der Waals surface area (Å²) in [5, 5.41) is 14.9. The van der Waals surface area contributed by atoms with E-state index in [4.69, 9.17) is 11.6 Å². The van der Waals surface area contributed by atoms with Gasteiger partial charge >= 0.3 is 0 Å². The molecule has 0 unspecified atom stereocenters. The Morgan fingerprint density at radius 3 is 2.80 bits per heavy atom. The normalized spacial score (nSPS) is 16.6. The minimum atomic E-state index is -0.362. The van der Waals surface area contributed by atoms with E-state index in [1.54, 1.807) is 12.1 Å². The van der Waals surface area contributed by atoms with E-state index in [0.717, 1.165) is 32.5 Å². The van der Waals surface area contributed by atoms with Crippen LogP contribution in [0.15, 0.2) is 18.2 Å². The largest absolute Gasteiger partial charge is 0.317 e. The minimum Gasteiger partial charge on any atom is -0.317 e. The Balaban J connectivity index is 2.03. The zero-order valence-electron chi connectivity index (χ0n) is 11.6. The molecule has 6 heteroatoms. The van der Waals surface area contributed by atoms with Gasteiger partial charge in [0.05, 0.1) is 15.5 Å². The van der Waals surface area contributed by atoms with Crippen LogP contribution in [0.1, 0.15) is 18.4 Å². The maximum atomic E-state index is 11.1. The number of hydrogen-bond acceptors (Lipinski definition) is 4. The lowest BCUT2D eigenvalue weighted by molar-refractivity contribution is -0.385. The number of nitrogens with zero attached hydrogens (tertiary/aromatic N) is 2. The third kappa shape index (κ3) is 3.91. The highest BCUT2D eigenvalue weighted by Crippen LogP contribution is 2.27. The molecule has 2 rings (SSSR count). The van der Waals surface area contributed by atoms with Crippen LogP contribution in [0.3, 0.4) is 0 Å². The summed E-state index contributed by atoms with van der Waals surface area (Å²) in [5.74, 6) is 0.655. The van der Waals surface area contributed by atoms with Gasteiger partial charge in [-0.2, -0.15) is 0 Å². The van der Waals surface area contributed by atoms with Crippen molar-refractivity contribution in [1.82, 2.24) is 10.2 Å². The summed E-state index contributed by atoms with van der Waals surface area (Å²) in [6.07, 6.45) is 2.32. The zero-order valence-corrected chi connectivity index (χ0v) is 12.4. The lowest BCUT2D eigenvalue weighted by Gasteiger charge is -2.27. The summed E-state index contributed by atoms with van der Waals surface area (Å²) in [5.41, 5.74) is 0.713. The van der Waals surface area contributed by atoms with E-state index in [2.05, 4.69) is 10.2 Å². The Hall–Kier alpha value is -1.17. The standard InChI is InChI=1S/C14H20ClN3O2/c1-17(9-11-5-7-16-8-6-11)10-12-13(15)3-2-4-14(12)18(19)20/h2-4,11,16H,5-10H2,1H3. The molecule has 1 fully saturated rings. The van der Waals surface area contributed by atoms with Crippen molar-refractivity contribution in [3.8, 4) is 0 Å². The fourth-order valence-electron chi connectivity index (χ4n) is 2.71. The molecule has 1 aromatic rings. The van der Waals surface area contributed by atoms with Crippen molar-refractivity contribution in [2.75, 3.05) is 26.7 Å². The summed E-state index contributed by atoms with van der Waals surface area (Å²) < 4.78 is 0. The van der Waals surface area contributed by atoms with Gasteiger partial charge < -0.3 is 10.2 Å². The lowest BCUT2D eigenvalue weighted by atomic mass is 9.97. The number of piperidine rings is 1. The van der Waals surface area contributed by atoms with Gasteiger partial charge in [0, 0.05) is 19.2 Å². The first kappa shape index (κ1) is 15.2. The van der Waals surface area contributed by atoms with Gasteiger partial charge in [-0.1, -0.05) is 17.7 Å². The molecule has 0 amide bonds. The van der Waals surface area contributed by atoms with Gasteiger partial charge in [0.25, 0.3) is 5.69 Å². The molecule has 20 heavy (non-hydrogen) atoms. The Morgan fingerprint density at radius 2 is 2.15 bits per heavy atom. The molecule has 1 heterocycles. The van der Waals surface area contributed by atoms with Crippen molar-refractivity contribution in [2.24, 2.45) is 5.92 Å². The van der Waals surface area contributed by atoms with Gasteiger partial charge in [-0.3, -0.25) is 10.1 Å². The van der Waals surface area contributed by atoms with Gasteiger partial charge in [0.1, 0.15) is 0 Å². The highest BCUT2D eigenvalue weighted by Gasteiger charge is 2.20. The van der Waals surface area contributed by atoms with E-state index < -0.39 is 0 Å². The fraction of sp³-hybridized carbons (Fsp3) is 0.571. The van der Waals surface area contributed by atoms with E-state index in [-0.39, 0.29) is 10.6 Å². The molecule has 0 atom stereocenters. The van der Waals surface area contributed by atoms with Crippen LogP contribution >= 0.6 is 11.6 Å². The molecule has 0 aliphatic carbocycles. The molecule has 1 aliphatic heterocycles. The highest BCUT2D eigenvalue weighted by molar-refractivity contribution is 6.31. The molecule has 5 nitrogen and oxygen atoms in total. The van der Waals surface area contributed by atoms with Crippen LogP contribution in [0, 0.1) is 16.0 Å². The third-order valence-corrected chi connectivity index (χ3v) is 4.10. The molecule has 0 spiro atoms. The van der Waals surface area contributed by atoms with Crippen molar-refractivity contribution < 1.29 is 4.92 Å². The van der Waals surface area contributed by atoms with Crippen LogP contribution in [0.25, 0.3) is 0 Å². The zero-order chi connectivity index (χ0) is 14.5. The number of hydrogen-bond donors (Lipinski definition) is 1. The summed E-state index contributed by atoms with van der Waals surface area (Å²) in [6, 6.07) is 4.85. The van der Waals surface area contributed by atoms with Gasteiger partial charge in [0.2, 0.25) is 0 Å². The maximum Gasteiger partial charge on any atom is 0.275 e. The van der Waals surface area contributed by atoms with E-state index in [0.29, 0.717) is 23.0 Å². The average molecular weight is 298 g/mol. The summed E-state index contributed by atoms with van der Waals surface area (Å²) >= 11 is 6.12. The van der Waals surface area contributed by atoms with Gasteiger partial charge in [-0.15, -0.1) is 0 Å². The van der Waals surface area contributed by atoms with Crippen molar-refractivity contribution in [3.05, 3.63) is 38.9 Å². The maximum absolute atomic E-state index is 11.1.